The molecule has 136 valence electrons. The highest BCUT2D eigenvalue weighted by molar-refractivity contribution is 5.79. The maximum atomic E-state index is 12.9. The number of carbonyl (C=O) groups is 1. The number of ether oxygens (including phenoxy) is 1. The van der Waals surface area contributed by atoms with Gasteiger partial charge in [0.15, 0.2) is 0 Å². The number of hydrogen-bond acceptors (Lipinski definition) is 4. The molecule has 4 fully saturated rings. The Hall–Kier alpha value is -0.650. The number of likely N-dealkylation sites (N-methyl/N-ethyl adjacent to an activating group) is 1. The lowest BCUT2D eigenvalue weighted by atomic mass is 9.73. The van der Waals surface area contributed by atoms with Crippen LogP contribution in [0.2, 0.25) is 0 Å². The minimum Gasteiger partial charge on any atom is -0.369 e. The van der Waals surface area contributed by atoms with E-state index in [1.165, 1.54) is 32.1 Å². The highest BCUT2D eigenvalue weighted by Crippen LogP contribution is 2.54. The van der Waals surface area contributed by atoms with E-state index in [1.807, 2.05) is 0 Å². The molecule has 4 atom stereocenters. The van der Waals surface area contributed by atoms with Crippen LogP contribution in [0.15, 0.2) is 0 Å². The first-order valence-electron chi connectivity index (χ1n) is 9.79. The third-order valence-electron chi connectivity index (χ3n) is 7.05. The van der Waals surface area contributed by atoms with E-state index in [2.05, 4.69) is 35.8 Å². The molecule has 0 aromatic carbocycles. The number of hydrogen-bond donors (Lipinski definition) is 0. The lowest BCUT2D eigenvalue weighted by molar-refractivity contribution is -0.133. The van der Waals surface area contributed by atoms with E-state index in [0.29, 0.717) is 36.4 Å². The summed E-state index contributed by atoms with van der Waals surface area (Å²) < 4.78 is 6.45. The van der Waals surface area contributed by atoms with Crippen molar-refractivity contribution in [3.05, 3.63) is 0 Å². The Morgan fingerprint density at radius 1 is 1.21 bits per heavy atom. The van der Waals surface area contributed by atoms with Crippen molar-refractivity contribution >= 4 is 5.91 Å². The Labute approximate surface area is 146 Å². The molecule has 0 aromatic heterocycles. The van der Waals surface area contributed by atoms with E-state index in [-0.39, 0.29) is 5.60 Å². The van der Waals surface area contributed by atoms with Crippen molar-refractivity contribution in [2.75, 3.05) is 47.3 Å². The van der Waals surface area contributed by atoms with Crippen LogP contribution < -0.4 is 0 Å². The molecule has 0 radical (unpaired) electrons. The van der Waals surface area contributed by atoms with Gasteiger partial charge < -0.3 is 14.5 Å². The Balaban J connectivity index is 1.39. The van der Waals surface area contributed by atoms with Gasteiger partial charge in [-0.25, -0.2) is 0 Å². The van der Waals surface area contributed by atoms with Crippen LogP contribution in [-0.4, -0.2) is 85.7 Å². The molecule has 3 aliphatic heterocycles. The number of carbonyl (C=O) groups excluding carboxylic acids is 1. The Bertz CT molecular complexity index is 491. The fourth-order valence-corrected chi connectivity index (χ4v) is 5.83. The minimum absolute atomic E-state index is 0.0209. The average Bonchev–Trinajstić information content (AvgIpc) is 3.28. The standard InChI is InChI=1S/C19H33N3O2/c1-20(2)10-15-16-11-22(13-19(16)9-8-17(15)24-19)18(23)12-21(3)14-6-4-5-7-14/h14-17H,4-13H2,1-3H3/t15-,16+,17+,19+/m0/s1. The second kappa shape index (κ2) is 6.26. The zero-order valence-electron chi connectivity index (χ0n) is 15.5. The lowest BCUT2D eigenvalue weighted by Crippen LogP contribution is -2.43. The summed E-state index contributed by atoms with van der Waals surface area (Å²) in [5, 5.41) is 0. The van der Waals surface area contributed by atoms with Crippen LogP contribution in [0.1, 0.15) is 38.5 Å². The van der Waals surface area contributed by atoms with Crippen LogP contribution in [0.5, 0.6) is 0 Å². The molecule has 4 rings (SSSR count). The van der Waals surface area contributed by atoms with Crippen LogP contribution in [0.25, 0.3) is 0 Å². The maximum absolute atomic E-state index is 12.9. The quantitative estimate of drug-likeness (QED) is 0.761. The molecule has 3 heterocycles. The highest BCUT2D eigenvalue weighted by Gasteiger charge is 2.63. The number of amides is 1. The van der Waals surface area contributed by atoms with Crippen molar-refractivity contribution < 1.29 is 9.53 Å². The normalized spacial score (nSPS) is 38.7. The summed E-state index contributed by atoms with van der Waals surface area (Å²) in [5.74, 6) is 1.45. The molecule has 0 unspecified atom stereocenters. The molecular weight excluding hydrogens is 302 g/mol. The van der Waals surface area contributed by atoms with Gasteiger partial charge in [0, 0.05) is 31.0 Å². The molecule has 3 saturated heterocycles. The second-order valence-corrected chi connectivity index (χ2v) is 8.92. The first kappa shape index (κ1) is 16.8. The molecule has 5 heteroatoms. The lowest BCUT2D eigenvalue weighted by Gasteiger charge is -2.30. The van der Waals surface area contributed by atoms with E-state index in [1.54, 1.807) is 0 Å². The van der Waals surface area contributed by atoms with Gasteiger partial charge in [-0.3, -0.25) is 9.69 Å². The molecule has 24 heavy (non-hydrogen) atoms. The maximum Gasteiger partial charge on any atom is 0.236 e. The summed E-state index contributed by atoms with van der Waals surface area (Å²) in [4.78, 5) is 19.5. The first-order valence-corrected chi connectivity index (χ1v) is 9.79. The predicted octanol–water partition coefficient (Wildman–Crippen LogP) is 1.43. The SMILES string of the molecule is CN(C)C[C@H]1[C@H]2CN(C(=O)CN(C)C3CCCC3)C[C@]23CC[C@H]1O3. The van der Waals surface area contributed by atoms with E-state index >= 15 is 0 Å². The highest BCUT2D eigenvalue weighted by atomic mass is 16.5. The van der Waals surface area contributed by atoms with Crippen LogP contribution in [0.4, 0.5) is 0 Å². The average molecular weight is 335 g/mol. The molecule has 0 N–H and O–H groups in total. The van der Waals surface area contributed by atoms with Gasteiger partial charge >= 0.3 is 0 Å². The summed E-state index contributed by atoms with van der Waals surface area (Å²) in [6.07, 6.45) is 7.90. The van der Waals surface area contributed by atoms with Crippen LogP contribution >= 0.6 is 0 Å². The van der Waals surface area contributed by atoms with Crippen LogP contribution in [0, 0.1) is 11.8 Å². The molecule has 2 bridgehead atoms. The molecule has 1 saturated carbocycles. The third-order valence-corrected chi connectivity index (χ3v) is 7.05. The molecule has 1 aliphatic carbocycles. The van der Waals surface area contributed by atoms with Crippen molar-refractivity contribution in [3.63, 3.8) is 0 Å². The number of likely N-dealkylation sites (tertiary alicyclic amines) is 1. The molecule has 1 spiro atoms. The predicted molar refractivity (Wildman–Crippen MR) is 93.8 cm³/mol. The van der Waals surface area contributed by atoms with Gasteiger partial charge in [-0.1, -0.05) is 12.8 Å². The van der Waals surface area contributed by atoms with Crippen molar-refractivity contribution in [3.8, 4) is 0 Å². The Morgan fingerprint density at radius 2 is 1.96 bits per heavy atom. The molecule has 5 nitrogen and oxygen atoms in total. The van der Waals surface area contributed by atoms with E-state index in [0.717, 1.165) is 26.1 Å². The van der Waals surface area contributed by atoms with E-state index in [4.69, 9.17) is 4.74 Å². The van der Waals surface area contributed by atoms with Gasteiger partial charge in [0.05, 0.1) is 24.8 Å². The summed E-state index contributed by atoms with van der Waals surface area (Å²) in [7, 11) is 6.42. The smallest absolute Gasteiger partial charge is 0.236 e. The van der Waals surface area contributed by atoms with Gasteiger partial charge in [0.2, 0.25) is 5.91 Å². The first-order chi connectivity index (χ1) is 11.5. The fourth-order valence-electron chi connectivity index (χ4n) is 5.83. The third kappa shape index (κ3) is 2.78. The van der Waals surface area contributed by atoms with Gasteiger partial charge in [0.1, 0.15) is 0 Å². The van der Waals surface area contributed by atoms with Gasteiger partial charge in [0.25, 0.3) is 0 Å². The molecular formula is C19H33N3O2. The summed E-state index contributed by atoms with van der Waals surface area (Å²) in [5.41, 5.74) is -0.0209. The zero-order valence-corrected chi connectivity index (χ0v) is 15.5. The van der Waals surface area contributed by atoms with Crippen molar-refractivity contribution in [1.82, 2.24) is 14.7 Å². The summed E-state index contributed by atoms with van der Waals surface area (Å²) in [6.45, 7) is 3.40. The van der Waals surface area contributed by atoms with E-state index < -0.39 is 0 Å². The van der Waals surface area contributed by atoms with Gasteiger partial charge in [-0.15, -0.1) is 0 Å². The zero-order chi connectivity index (χ0) is 16.9. The second-order valence-electron chi connectivity index (χ2n) is 8.92. The monoisotopic (exact) mass is 335 g/mol. The summed E-state index contributed by atoms with van der Waals surface area (Å²) >= 11 is 0. The van der Waals surface area contributed by atoms with Gasteiger partial charge in [-0.05, 0) is 46.8 Å². The van der Waals surface area contributed by atoms with Crippen LogP contribution in [0.3, 0.4) is 0 Å². The fraction of sp³-hybridized carbons (Fsp3) is 0.947. The number of rotatable bonds is 5. The minimum atomic E-state index is -0.0209. The van der Waals surface area contributed by atoms with Crippen molar-refractivity contribution in [2.24, 2.45) is 11.8 Å². The Morgan fingerprint density at radius 3 is 2.67 bits per heavy atom. The number of nitrogens with zero attached hydrogens (tertiary/aromatic N) is 3. The molecule has 1 amide bonds. The van der Waals surface area contributed by atoms with Crippen molar-refractivity contribution in [2.45, 2.75) is 56.3 Å². The Kier molecular flexibility index (Phi) is 4.38. The number of fused-ring (bicyclic) bond motifs is 1. The molecule has 4 aliphatic rings. The van der Waals surface area contributed by atoms with E-state index in [9.17, 15) is 4.79 Å². The topological polar surface area (TPSA) is 36.0 Å². The van der Waals surface area contributed by atoms with Crippen molar-refractivity contribution in [1.29, 1.82) is 0 Å². The summed E-state index contributed by atoms with van der Waals surface area (Å²) in [6, 6.07) is 0.614. The van der Waals surface area contributed by atoms with Gasteiger partial charge in [-0.2, -0.15) is 0 Å². The largest absolute Gasteiger partial charge is 0.369 e. The van der Waals surface area contributed by atoms with Crippen LogP contribution in [-0.2, 0) is 9.53 Å². The molecule has 0 aromatic rings.